The molecule has 0 atom stereocenters. The molecule has 2 aromatic carbocycles. The molecular weight excluding hydrogens is 250 g/mol. The zero-order valence-corrected chi connectivity index (χ0v) is 12.3. The van der Waals surface area contributed by atoms with Crippen LogP contribution in [0.4, 0.5) is 5.69 Å². The largest absolute Gasteiger partial charge is 0.490 e. The molecule has 106 valence electrons. The molecule has 2 rings (SSSR count). The van der Waals surface area contributed by atoms with Gasteiger partial charge in [-0.25, -0.2) is 0 Å². The predicted octanol–water partition coefficient (Wildman–Crippen LogP) is 3.65. The summed E-state index contributed by atoms with van der Waals surface area (Å²) in [4.78, 5) is 0. The Bertz CT molecular complexity index is 573. The van der Waals surface area contributed by atoms with Crippen molar-refractivity contribution in [1.29, 1.82) is 0 Å². The third kappa shape index (κ3) is 3.92. The second kappa shape index (κ2) is 6.33. The van der Waals surface area contributed by atoms with Gasteiger partial charge in [0.05, 0.1) is 0 Å². The molecule has 0 aliphatic carbocycles. The van der Waals surface area contributed by atoms with E-state index in [1.807, 2.05) is 37.3 Å². The lowest BCUT2D eigenvalue weighted by molar-refractivity contribution is 0.217. The second-order valence-corrected chi connectivity index (χ2v) is 5.04. The van der Waals surface area contributed by atoms with Crippen LogP contribution in [0.15, 0.2) is 36.4 Å². The normalized spacial score (nSPS) is 10.3. The van der Waals surface area contributed by atoms with Crippen LogP contribution in [0.25, 0.3) is 0 Å². The Kier molecular flexibility index (Phi) is 4.51. The molecule has 0 unspecified atom stereocenters. The van der Waals surface area contributed by atoms with Crippen LogP contribution in [0.3, 0.4) is 0 Å². The van der Waals surface area contributed by atoms with Crippen LogP contribution in [0.1, 0.15) is 16.7 Å². The molecule has 0 bridgehead atoms. The Labute approximate surface area is 120 Å². The molecule has 0 heterocycles. The quantitative estimate of drug-likeness (QED) is 0.667. The van der Waals surface area contributed by atoms with Gasteiger partial charge in [0.1, 0.15) is 24.7 Å². The molecule has 2 N–H and O–H groups in total. The van der Waals surface area contributed by atoms with Crippen molar-refractivity contribution in [2.45, 2.75) is 20.8 Å². The second-order valence-electron chi connectivity index (χ2n) is 5.04. The van der Waals surface area contributed by atoms with Crippen molar-refractivity contribution in [2.75, 3.05) is 18.9 Å². The molecule has 3 heteroatoms. The molecule has 0 aliphatic rings. The zero-order valence-electron chi connectivity index (χ0n) is 12.3. The van der Waals surface area contributed by atoms with Gasteiger partial charge in [-0.05, 0) is 67.8 Å². The number of aryl methyl sites for hydroxylation is 3. The lowest BCUT2D eigenvalue weighted by atomic mass is 10.1. The number of nitrogen functional groups attached to an aromatic ring is 1. The number of anilines is 1. The van der Waals surface area contributed by atoms with Gasteiger partial charge in [-0.2, -0.15) is 0 Å². The van der Waals surface area contributed by atoms with Crippen molar-refractivity contribution < 1.29 is 9.47 Å². The Morgan fingerprint density at radius 3 is 2.00 bits per heavy atom. The third-order valence-corrected chi connectivity index (χ3v) is 3.06. The average Bonchev–Trinajstić information content (AvgIpc) is 2.38. The van der Waals surface area contributed by atoms with Crippen LogP contribution in [0.5, 0.6) is 11.5 Å². The maximum atomic E-state index is 5.77. The van der Waals surface area contributed by atoms with E-state index in [9.17, 15) is 0 Å². The van der Waals surface area contributed by atoms with Crippen molar-refractivity contribution in [3.05, 3.63) is 53.1 Å². The molecule has 0 saturated carbocycles. The summed E-state index contributed by atoms with van der Waals surface area (Å²) < 4.78 is 11.3. The minimum atomic E-state index is 0.510. The SMILES string of the molecule is Cc1cc(C)cc(OCCOc2ccc(N)c(C)c2)c1. The lowest BCUT2D eigenvalue weighted by Gasteiger charge is -2.10. The van der Waals surface area contributed by atoms with Crippen LogP contribution in [-0.4, -0.2) is 13.2 Å². The van der Waals surface area contributed by atoms with Gasteiger partial charge in [-0.3, -0.25) is 0 Å². The molecule has 0 aromatic heterocycles. The highest BCUT2D eigenvalue weighted by molar-refractivity contribution is 5.49. The Hall–Kier alpha value is -2.16. The van der Waals surface area contributed by atoms with Crippen molar-refractivity contribution in [2.24, 2.45) is 0 Å². The van der Waals surface area contributed by atoms with E-state index in [4.69, 9.17) is 15.2 Å². The molecule has 20 heavy (non-hydrogen) atoms. The molecule has 3 nitrogen and oxygen atoms in total. The van der Waals surface area contributed by atoms with Crippen LogP contribution < -0.4 is 15.2 Å². The standard InChI is InChI=1S/C17H21NO2/c1-12-8-13(2)10-16(9-12)20-7-6-19-15-4-5-17(18)14(3)11-15/h4-5,8-11H,6-7,18H2,1-3H3. The Morgan fingerprint density at radius 2 is 1.40 bits per heavy atom. The third-order valence-electron chi connectivity index (χ3n) is 3.06. The summed E-state index contributed by atoms with van der Waals surface area (Å²) in [6, 6.07) is 11.8. The van der Waals surface area contributed by atoms with Crippen LogP contribution in [0, 0.1) is 20.8 Å². The number of rotatable bonds is 5. The van der Waals surface area contributed by atoms with Gasteiger partial charge in [-0.15, -0.1) is 0 Å². The van der Waals surface area contributed by atoms with E-state index in [-0.39, 0.29) is 0 Å². The van der Waals surface area contributed by atoms with Gasteiger partial charge in [0.25, 0.3) is 0 Å². The minimum absolute atomic E-state index is 0.510. The van der Waals surface area contributed by atoms with Crippen LogP contribution in [-0.2, 0) is 0 Å². The number of hydrogen-bond acceptors (Lipinski definition) is 3. The molecule has 2 aromatic rings. The molecule has 0 spiro atoms. The average molecular weight is 271 g/mol. The first-order valence-corrected chi connectivity index (χ1v) is 6.74. The summed E-state index contributed by atoms with van der Waals surface area (Å²) in [5.41, 5.74) is 9.98. The fraction of sp³-hybridized carbons (Fsp3) is 0.294. The number of benzene rings is 2. The summed E-state index contributed by atoms with van der Waals surface area (Å²) in [7, 11) is 0. The van der Waals surface area contributed by atoms with Crippen LogP contribution >= 0.6 is 0 Å². The molecule has 0 amide bonds. The summed E-state index contributed by atoms with van der Waals surface area (Å²) in [5.74, 6) is 1.71. The summed E-state index contributed by atoms with van der Waals surface area (Å²) in [6.07, 6.45) is 0. The van der Waals surface area contributed by atoms with E-state index in [1.165, 1.54) is 11.1 Å². The Morgan fingerprint density at radius 1 is 0.800 bits per heavy atom. The van der Waals surface area contributed by atoms with Gasteiger partial charge in [0.2, 0.25) is 0 Å². The monoisotopic (exact) mass is 271 g/mol. The van der Waals surface area contributed by atoms with Crippen molar-refractivity contribution in [1.82, 2.24) is 0 Å². The van der Waals surface area contributed by atoms with E-state index >= 15 is 0 Å². The first-order valence-electron chi connectivity index (χ1n) is 6.74. The van der Waals surface area contributed by atoms with E-state index in [0.29, 0.717) is 13.2 Å². The number of nitrogens with two attached hydrogens (primary N) is 1. The van der Waals surface area contributed by atoms with Crippen molar-refractivity contribution in [3.63, 3.8) is 0 Å². The highest BCUT2D eigenvalue weighted by Crippen LogP contribution is 2.19. The fourth-order valence-electron chi connectivity index (χ4n) is 2.07. The van der Waals surface area contributed by atoms with Crippen molar-refractivity contribution in [3.8, 4) is 11.5 Å². The topological polar surface area (TPSA) is 44.5 Å². The summed E-state index contributed by atoms with van der Waals surface area (Å²) in [6.45, 7) is 7.12. The van der Waals surface area contributed by atoms with Crippen molar-refractivity contribution >= 4 is 5.69 Å². The highest BCUT2D eigenvalue weighted by atomic mass is 16.5. The predicted molar refractivity (Wildman–Crippen MR) is 82.5 cm³/mol. The van der Waals surface area contributed by atoms with Gasteiger partial charge in [0.15, 0.2) is 0 Å². The minimum Gasteiger partial charge on any atom is -0.490 e. The zero-order chi connectivity index (χ0) is 14.5. The number of ether oxygens (including phenoxy) is 2. The van der Waals surface area contributed by atoms with E-state index < -0.39 is 0 Å². The van der Waals surface area contributed by atoms with E-state index in [0.717, 1.165) is 22.7 Å². The first-order chi connectivity index (χ1) is 9.54. The van der Waals surface area contributed by atoms with Gasteiger partial charge < -0.3 is 15.2 Å². The molecule has 0 saturated heterocycles. The summed E-state index contributed by atoms with van der Waals surface area (Å²) in [5, 5.41) is 0. The molecule has 0 fully saturated rings. The lowest BCUT2D eigenvalue weighted by Crippen LogP contribution is -2.09. The molecule has 0 aliphatic heterocycles. The van der Waals surface area contributed by atoms with Gasteiger partial charge >= 0.3 is 0 Å². The maximum Gasteiger partial charge on any atom is 0.122 e. The first kappa shape index (κ1) is 14.3. The van der Waals surface area contributed by atoms with Crippen LogP contribution in [0.2, 0.25) is 0 Å². The van der Waals surface area contributed by atoms with Gasteiger partial charge in [-0.1, -0.05) is 6.07 Å². The maximum absolute atomic E-state index is 5.77. The smallest absolute Gasteiger partial charge is 0.122 e. The molecular formula is C17H21NO2. The van der Waals surface area contributed by atoms with E-state index in [1.54, 1.807) is 0 Å². The molecule has 0 radical (unpaired) electrons. The Balaban J connectivity index is 1.82. The highest BCUT2D eigenvalue weighted by Gasteiger charge is 1.99. The summed E-state index contributed by atoms with van der Waals surface area (Å²) >= 11 is 0. The fourth-order valence-corrected chi connectivity index (χ4v) is 2.07. The number of hydrogen-bond donors (Lipinski definition) is 1. The van der Waals surface area contributed by atoms with E-state index in [2.05, 4.69) is 19.9 Å². The van der Waals surface area contributed by atoms with Gasteiger partial charge in [0, 0.05) is 5.69 Å².